The Kier molecular flexibility index (Phi) is 5.72. The highest BCUT2D eigenvalue weighted by atomic mass is 16.3. The van der Waals surface area contributed by atoms with Gasteiger partial charge in [-0.05, 0) is 26.1 Å². The molecule has 0 aliphatic carbocycles. The van der Waals surface area contributed by atoms with E-state index in [2.05, 4.69) is 17.2 Å². The van der Waals surface area contributed by atoms with Gasteiger partial charge in [-0.2, -0.15) is 0 Å². The first-order chi connectivity index (χ1) is 8.17. The summed E-state index contributed by atoms with van der Waals surface area (Å²) in [4.78, 5) is 13.4. The maximum absolute atomic E-state index is 11.2. The number of amides is 1. The molecule has 0 saturated carbocycles. The monoisotopic (exact) mass is 239 g/mol. The van der Waals surface area contributed by atoms with Gasteiger partial charge in [-0.25, -0.2) is 5.84 Å². The summed E-state index contributed by atoms with van der Waals surface area (Å²) in [5.41, 5.74) is 2.54. The Morgan fingerprint density at radius 1 is 1.53 bits per heavy atom. The lowest BCUT2D eigenvalue weighted by molar-refractivity contribution is 0.0953. The Labute approximate surface area is 102 Å². The van der Waals surface area contributed by atoms with Gasteiger partial charge < -0.3 is 4.42 Å². The van der Waals surface area contributed by atoms with Crippen LogP contribution < -0.4 is 11.3 Å². The first-order valence-corrected chi connectivity index (χ1v) is 5.94. The number of nitrogen functional groups attached to an aromatic ring is 1. The van der Waals surface area contributed by atoms with Crippen molar-refractivity contribution in [1.82, 2.24) is 10.3 Å². The van der Waals surface area contributed by atoms with E-state index < -0.39 is 0 Å². The summed E-state index contributed by atoms with van der Waals surface area (Å²) in [6, 6.07) is 1.72. The number of hydrazine groups is 1. The molecule has 0 unspecified atom stereocenters. The Morgan fingerprint density at radius 3 is 2.94 bits per heavy atom. The van der Waals surface area contributed by atoms with Gasteiger partial charge in [0, 0.05) is 0 Å². The van der Waals surface area contributed by atoms with Crippen LogP contribution in [-0.4, -0.2) is 24.4 Å². The number of carbonyl (C=O) groups excluding carboxylic acids is 1. The van der Waals surface area contributed by atoms with Crippen molar-refractivity contribution < 1.29 is 9.21 Å². The van der Waals surface area contributed by atoms with Crippen molar-refractivity contribution in [2.24, 2.45) is 5.84 Å². The number of hydrogen-bond acceptors (Lipinski definition) is 4. The Balaban J connectivity index is 2.40. The van der Waals surface area contributed by atoms with Crippen LogP contribution in [-0.2, 0) is 6.54 Å². The maximum Gasteiger partial charge on any atom is 0.268 e. The zero-order valence-electron chi connectivity index (χ0n) is 10.5. The van der Waals surface area contributed by atoms with Crippen molar-refractivity contribution >= 4 is 5.91 Å². The highest BCUT2D eigenvalue weighted by Crippen LogP contribution is 2.10. The molecular weight excluding hydrogens is 218 g/mol. The van der Waals surface area contributed by atoms with Gasteiger partial charge >= 0.3 is 0 Å². The fraction of sp³-hybridized carbons (Fsp3) is 0.583. The molecule has 1 aromatic heterocycles. The standard InChI is InChI=1S/C12H21N3O2/c1-3-4-5-6-15(2)8-11-7-10(9-17-11)12(16)14-13/h7,9H,3-6,8,13H2,1-2H3,(H,14,16). The molecule has 0 bridgehead atoms. The minimum absolute atomic E-state index is 0.325. The van der Waals surface area contributed by atoms with E-state index in [9.17, 15) is 4.79 Å². The van der Waals surface area contributed by atoms with E-state index in [1.54, 1.807) is 6.07 Å². The van der Waals surface area contributed by atoms with Gasteiger partial charge in [0.15, 0.2) is 0 Å². The summed E-state index contributed by atoms with van der Waals surface area (Å²) in [7, 11) is 2.04. The minimum Gasteiger partial charge on any atom is -0.467 e. The van der Waals surface area contributed by atoms with Gasteiger partial charge in [0.1, 0.15) is 12.0 Å². The molecule has 1 amide bonds. The molecule has 96 valence electrons. The Bertz CT molecular complexity index is 349. The second-order valence-electron chi connectivity index (χ2n) is 4.22. The molecule has 0 radical (unpaired) electrons. The molecule has 0 aliphatic heterocycles. The van der Waals surface area contributed by atoms with E-state index in [-0.39, 0.29) is 5.91 Å². The van der Waals surface area contributed by atoms with E-state index >= 15 is 0 Å². The molecule has 5 heteroatoms. The molecule has 0 aliphatic rings. The Hall–Kier alpha value is -1.33. The van der Waals surface area contributed by atoms with Crippen LogP contribution in [0.5, 0.6) is 0 Å². The molecule has 1 rings (SSSR count). The first-order valence-electron chi connectivity index (χ1n) is 5.94. The van der Waals surface area contributed by atoms with Gasteiger partial charge in [-0.3, -0.25) is 15.1 Å². The average molecular weight is 239 g/mol. The van der Waals surface area contributed by atoms with Crippen molar-refractivity contribution in [2.75, 3.05) is 13.6 Å². The van der Waals surface area contributed by atoms with Gasteiger partial charge in [0.05, 0.1) is 12.1 Å². The van der Waals surface area contributed by atoms with Crippen molar-refractivity contribution in [2.45, 2.75) is 32.7 Å². The minimum atomic E-state index is -0.325. The number of carbonyl (C=O) groups is 1. The van der Waals surface area contributed by atoms with Crippen LogP contribution in [0.2, 0.25) is 0 Å². The molecule has 1 aromatic rings. The predicted molar refractivity (Wildman–Crippen MR) is 66.2 cm³/mol. The van der Waals surface area contributed by atoms with Crippen molar-refractivity contribution in [3.05, 3.63) is 23.7 Å². The van der Waals surface area contributed by atoms with Crippen LogP contribution in [0.15, 0.2) is 16.7 Å². The topological polar surface area (TPSA) is 71.5 Å². The van der Waals surface area contributed by atoms with Gasteiger partial charge in [0.25, 0.3) is 5.91 Å². The number of nitrogens with two attached hydrogens (primary N) is 1. The first kappa shape index (κ1) is 13.7. The second kappa shape index (κ2) is 7.09. The van der Waals surface area contributed by atoms with Crippen LogP contribution in [0.4, 0.5) is 0 Å². The molecule has 0 aromatic carbocycles. The smallest absolute Gasteiger partial charge is 0.268 e. The van der Waals surface area contributed by atoms with Crippen LogP contribution >= 0.6 is 0 Å². The summed E-state index contributed by atoms with van der Waals surface area (Å²) in [6.45, 7) is 3.93. The second-order valence-corrected chi connectivity index (χ2v) is 4.22. The van der Waals surface area contributed by atoms with Gasteiger partial charge in [-0.15, -0.1) is 0 Å². The van der Waals surface area contributed by atoms with Crippen LogP contribution in [0.25, 0.3) is 0 Å². The van der Waals surface area contributed by atoms with E-state index in [1.807, 2.05) is 7.05 Å². The summed E-state index contributed by atoms with van der Waals surface area (Å²) in [6.07, 6.45) is 5.07. The lowest BCUT2D eigenvalue weighted by Crippen LogP contribution is -2.29. The number of unbranched alkanes of at least 4 members (excludes halogenated alkanes) is 2. The Morgan fingerprint density at radius 2 is 2.29 bits per heavy atom. The number of rotatable bonds is 7. The molecule has 0 atom stereocenters. The van der Waals surface area contributed by atoms with E-state index in [1.165, 1.54) is 25.5 Å². The van der Waals surface area contributed by atoms with Crippen molar-refractivity contribution in [1.29, 1.82) is 0 Å². The van der Waals surface area contributed by atoms with Gasteiger partial charge in [-0.1, -0.05) is 19.8 Å². The van der Waals surface area contributed by atoms with E-state index in [0.29, 0.717) is 12.1 Å². The average Bonchev–Trinajstić information content (AvgIpc) is 2.77. The van der Waals surface area contributed by atoms with Crippen LogP contribution in [0.3, 0.4) is 0 Å². The molecule has 0 saturated heterocycles. The third-order valence-corrected chi connectivity index (χ3v) is 2.62. The highest BCUT2D eigenvalue weighted by Gasteiger charge is 2.09. The van der Waals surface area contributed by atoms with Crippen LogP contribution in [0, 0.1) is 0 Å². The largest absolute Gasteiger partial charge is 0.467 e. The fourth-order valence-electron chi connectivity index (χ4n) is 1.64. The zero-order chi connectivity index (χ0) is 12.7. The van der Waals surface area contributed by atoms with Crippen LogP contribution in [0.1, 0.15) is 42.3 Å². The fourth-order valence-corrected chi connectivity index (χ4v) is 1.64. The number of furan rings is 1. The molecular formula is C12H21N3O2. The molecule has 0 spiro atoms. The SMILES string of the molecule is CCCCCN(C)Cc1cc(C(=O)NN)co1. The molecule has 1 heterocycles. The normalized spacial score (nSPS) is 10.8. The lowest BCUT2D eigenvalue weighted by Gasteiger charge is -2.14. The lowest BCUT2D eigenvalue weighted by atomic mass is 10.2. The number of nitrogens with one attached hydrogen (secondary N) is 1. The predicted octanol–water partition coefficient (Wildman–Crippen LogP) is 1.51. The molecule has 17 heavy (non-hydrogen) atoms. The summed E-state index contributed by atoms with van der Waals surface area (Å²) in [5.74, 6) is 5.50. The molecule has 5 nitrogen and oxygen atoms in total. The third kappa shape index (κ3) is 4.58. The summed E-state index contributed by atoms with van der Waals surface area (Å²) < 4.78 is 5.31. The number of nitrogens with zero attached hydrogens (tertiary/aromatic N) is 1. The third-order valence-electron chi connectivity index (χ3n) is 2.62. The summed E-state index contributed by atoms with van der Waals surface area (Å²) in [5, 5.41) is 0. The quantitative estimate of drug-likeness (QED) is 0.327. The zero-order valence-corrected chi connectivity index (χ0v) is 10.5. The van der Waals surface area contributed by atoms with E-state index in [4.69, 9.17) is 10.3 Å². The molecule has 3 N–H and O–H groups in total. The molecule has 0 fully saturated rings. The van der Waals surface area contributed by atoms with E-state index in [0.717, 1.165) is 12.3 Å². The maximum atomic E-state index is 11.2. The summed E-state index contributed by atoms with van der Waals surface area (Å²) >= 11 is 0. The number of hydrogen-bond donors (Lipinski definition) is 2. The van der Waals surface area contributed by atoms with Gasteiger partial charge in [0.2, 0.25) is 0 Å². The van der Waals surface area contributed by atoms with Crippen molar-refractivity contribution in [3.63, 3.8) is 0 Å². The van der Waals surface area contributed by atoms with Crippen molar-refractivity contribution in [3.8, 4) is 0 Å². The highest BCUT2D eigenvalue weighted by molar-refractivity contribution is 5.93.